The van der Waals surface area contributed by atoms with Gasteiger partial charge in [0.1, 0.15) is 11.5 Å². The van der Waals surface area contributed by atoms with Gasteiger partial charge in [-0.3, -0.25) is 24.2 Å². The number of nitrogens with zero attached hydrogens (tertiary/aromatic N) is 2. The number of methoxy groups -OCH3 is 1. The quantitative estimate of drug-likeness (QED) is 0.606. The number of likely N-dealkylation sites (tertiary alicyclic amines) is 1. The van der Waals surface area contributed by atoms with Crippen LogP contribution >= 0.6 is 11.3 Å². The molecule has 0 spiro atoms. The first kappa shape index (κ1) is 18.5. The van der Waals surface area contributed by atoms with E-state index < -0.39 is 11.9 Å². The first-order chi connectivity index (χ1) is 12.4. The fourth-order valence-electron chi connectivity index (χ4n) is 3.24. The minimum atomic E-state index is -0.496. The van der Waals surface area contributed by atoms with Gasteiger partial charge in [0, 0.05) is 30.8 Å². The van der Waals surface area contributed by atoms with E-state index in [2.05, 4.69) is 17.1 Å². The molecule has 3 heterocycles. The van der Waals surface area contributed by atoms with Gasteiger partial charge in [-0.2, -0.15) is 0 Å². The van der Waals surface area contributed by atoms with Crippen molar-refractivity contribution in [3.8, 4) is 0 Å². The van der Waals surface area contributed by atoms with Crippen molar-refractivity contribution < 1.29 is 23.9 Å². The second kappa shape index (κ2) is 7.55. The Morgan fingerprint density at radius 3 is 2.50 bits per heavy atom. The minimum Gasteiger partial charge on any atom is -0.465 e. The molecule has 3 amide bonds. The van der Waals surface area contributed by atoms with Crippen molar-refractivity contribution in [2.75, 3.05) is 32.1 Å². The Balaban J connectivity index is 1.81. The van der Waals surface area contributed by atoms with Gasteiger partial charge in [-0.05, 0) is 18.5 Å². The van der Waals surface area contributed by atoms with Crippen LogP contribution in [0.2, 0.25) is 0 Å². The summed E-state index contributed by atoms with van der Waals surface area (Å²) in [5.74, 6) is -1.68. The number of anilines is 1. The molecule has 1 saturated heterocycles. The zero-order valence-electron chi connectivity index (χ0n) is 14.8. The number of carbonyl (C=O) groups is 4. The van der Waals surface area contributed by atoms with Crippen molar-refractivity contribution in [3.63, 3.8) is 0 Å². The van der Waals surface area contributed by atoms with Crippen LogP contribution in [0, 0.1) is 0 Å². The number of imide groups is 1. The highest BCUT2D eigenvalue weighted by Gasteiger charge is 2.32. The van der Waals surface area contributed by atoms with Crippen molar-refractivity contribution >= 4 is 40.0 Å². The van der Waals surface area contributed by atoms with Gasteiger partial charge in [0.25, 0.3) is 0 Å². The van der Waals surface area contributed by atoms with Crippen LogP contribution < -0.4 is 5.32 Å². The second-order valence-corrected chi connectivity index (χ2v) is 7.35. The van der Waals surface area contributed by atoms with Gasteiger partial charge >= 0.3 is 5.97 Å². The number of esters is 1. The predicted octanol–water partition coefficient (Wildman–Crippen LogP) is 1.00. The molecule has 26 heavy (non-hydrogen) atoms. The fraction of sp³-hybridized carbons (Fsp3) is 0.529. The van der Waals surface area contributed by atoms with Gasteiger partial charge in [0.2, 0.25) is 17.7 Å². The summed E-state index contributed by atoms with van der Waals surface area (Å²) in [6, 6.07) is 0. The van der Waals surface area contributed by atoms with Crippen LogP contribution in [0.4, 0.5) is 5.00 Å². The molecule has 1 aromatic rings. The second-order valence-electron chi connectivity index (χ2n) is 6.24. The number of ether oxygens (including phenoxy) is 1. The summed E-state index contributed by atoms with van der Waals surface area (Å²) in [6.07, 6.45) is 0.989. The fourth-order valence-corrected chi connectivity index (χ4v) is 4.54. The lowest BCUT2D eigenvalue weighted by atomic mass is 10.0. The van der Waals surface area contributed by atoms with E-state index in [1.165, 1.54) is 18.4 Å². The van der Waals surface area contributed by atoms with Gasteiger partial charge in [-0.25, -0.2) is 4.79 Å². The molecule has 0 atom stereocenters. The zero-order valence-corrected chi connectivity index (χ0v) is 15.6. The third-order valence-corrected chi connectivity index (χ3v) is 5.81. The average molecular weight is 379 g/mol. The van der Waals surface area contributed by atoms with E-state index >= 15 is 0 Å². The standard InChI is InChI=1S/C17H21N3O5S/c1-3-19-7-6-10-11(8-19)26-16(15(10)17(24)25-2)18-12(21)9-20-13(22)4-5-14(20)23/h3-9H2,1-2H3,(H,18,21). The lowest BCUT2D eigenvalue weighted by Crippen LogP contribution is -2.37. The molecule has 2 aliphatic rings. The third-order valence-electron chi connectivity index (χ3n) is 4.68. The molecule has 2 aliphatic heterocycles. The Morgan fingerprint density at radius 1 is 1.19 bits per heavy atom. The van der Waals surface area contributed by atoms with E-state index in [-0.39, 0.29) is 31.2 Å². The average Bonchev–Trinajstić information content (AvgIpc) is 3.14. The Hall–Kier alpha value is -2.26. The maximum absolute atomic E-state index is 12.3. The highest BCUT2D eigenvalue weighted by Crippen LogP contribution is 2.37. The van der Waals surface area contributed by atoms with Gasteiger partial charge in [0.15, 0.2) is 0 Å². The van der Waals surface area contributed by atoms with E-state index in [0.717, 1.165) is 35.0 Å². The zero-order chi connectivity index (χ0) is 18.8. The first-order valence-corrected chi connectivity index (χ1v) is 9.34. The Labute approximate surface area is 155 Å². The summed E-state index contributed by atoms with van der Waals surface area (Å²) >= 11 is 1.35. The molecule has 0 aromatic carbocycles. The van der Waals surface area contributed by atoms with E-state index in [1.54, 1.807) is 0 Å². The number of thiophene rings is 1. The maximum Gasteiger partial charge on any atom is 0.341 e. The smallest absolute Gasteiger partial charge is 0.341 e. The summed E-state index contributed by atoms with van der Waals surface area (Å²) < 4.78 is 4.89. The molecule has 1 N–H and O–H groups in total. The van der Waals surface area contributed by atoms with Crippen molar-refractivity contribution in [3.05, 3.63) is 16.0 Å². The molecule has 8 nitrogen and oxygen atoms in total. The summed E-state index contributed by atoms with van der Waals surface area (Å²) in [6.45, 7) is 4.22. The van der Waals surface area contributed by atoms with Crippen LogP contribution in [0.1, 0.15) is 40.6 Å². The molecule has 0 aliphatic carbocycles. The number of nitrogens with one attached hydrogen (secondary N) is 1. The van der Waals surface area contributed by atoms with E-state index in [4.69, 9.17) is 4.74 Å². The number of likely N-dealkylation sites (N-methyl/N-ethyl adjacent to an activating group) is 1. The molecule has 1 aromatic heterocycles. The predicted molar refractivity (Wildman–Crippen MR) is 94.9 cm³/mol. The van der Waals surface area contributed by atoms with Gasteiger partial charge in [0.05, 0.1) is 12.7 Å². The first-order valence-electron chi connectivity index (χ1n) is 8.52. The summed E-state index contributed by atoms with van der Waals surface area (Å²) in [4.78, 5) is 52.2. The maximum atomic E-state index is 12.3. The SMILES string of the molecule is CCN1CCc2c(sc(NC(=O)CN3C(=O)CCC3=O)c2C(=O)OC)C1. The molecular weight excluding hydrogens is 358 g/mol. The largest absolute Gasteiger partial charge is 0.465 e. The highest BCUT2D eigenvalue weighted by molar-refractivity contribution is 7.17. The number of hydrogen-bond acceptors (Lipinski definition) is 7. The molecule has 0 unspecified atom stereocenters. The van der Waals surface area contributed by atoms with Crippen molar-refractivity contribution in [1.82, 2.24) is 9.80 Å². The number of amides is 3. The van der Waals surface area contributed by atoms with Crippen LogP contribution in [-0.2, 0) is 32.1 Å². The molecule has 0 saturated carbocycles. The lowest BCUT2D eigenvalue weighted by Gasteiger charge is -2.25. The van der Waals surface area contributed by atoms with Crippen molar-refractivity contribution in [2.24, 2.45) is 0 Å². The van der Waals surface area contributed by atoms with Crippen molar-refractivity contribution in [2.45, 2.75) is 32.7 Å². The topological polar surface area (TPSA) is 96.0 Å². The van der Waals surface area contributed by atoms with Gasteiger partial charge < -0.3 is 10.1 Å². The van der Waals surface area contributed by atoms with Crippen LogP contribution in [-0.4, -0.2) is 60.2 Å². The Morgan fingerprint density at radius 2 is 1.88 bits per heavy atom. The molecule has 140 valence electrons. The highest BCUT2D eigenvalue weighted by atomic mass is 32.1. The monoisotopic (exact) mass is 379 g/mol. The number of fused-ring (bicyclic) bond motifs is 1. The van der Waals surface area contributed by atoms with Crippen LogP contribution in [0.15, 0.2) is 0 Å². The normalized spacial score (nSPS) is 17.4. The Kier molecular flexibility index (Phi) is 5.38. The number of hydrogen-bond donors (Lipinski definition) is 1. The Bertz CT molecular complexity index is 757. The molecule has 1 fully saturated rings. The van der Waals surface area contributed by atoms with Gasteiger partial charge in [-0.15, -0.1) is 11.3 Å². The van der Waals surface area contributed by atoms with Crippen LogP contribution in [0.25, 0.3) is 0 Å². The van der Waals surface area contributed by atoms with Crippen LogP contribution in [0.5, 0.6) is 0 Å². The summed E-state index contributed by atoms with van der Waals surface area (Å²) in [5.41, 5.74) is 1.30. The summed E-state index contributed by atoms with van der Waals surface area (Å²) in [7, 11) is 1.31. The molecule has 0 radical (unpaired) electrons. The minimum absolute atomic E-state index is 0.139. The number of carbonyl (C=O) groups excluding carboxylic acids is 4. The summed E-state index contributed by atoms with van der Waals surface area (Å²) in [5, 5.41) is 3.12. The molecule has 0 bridgehead atoms. The molecule has 3 rings (SSSR count). The molecule has 9 heteroatoms. The van der Waals surface area contributed by atoms with Crippen molar-refractivity contribution in [1.29, 1.82) is 0 Å². The number of rotatable bonds is 5. The molecular formula is C17H21N3O5S. The van der Waals surface area contributed by atoms with Gasteiger partial charge in [-0.1, -0.05) is 6.92 Å². The van der Waals surface area contributed by atoms with Crippen LogP contribution in [0.3, 0.4) is 0 Å². The van der Waals surface area contributed by atoms with E-state index in [9.17, 15) is 19.2 Å². The lowest BCUT2D eigenvalue weighted by molar-refractivity contribution is -0.141. The third kappa shape index (κ3) is 3.49. The van der Waals surface area contributed by atoms with E-state index in [1.807, 2.05) is 0 Å². The van der Waals surface area contributed by atoms with E-state index in [0.29, 0.717) is 17.0 Å².